The monoisotopic (exact) mass is 430 g/mol. The molecule has 0 aliphatic rings. The number of carbonyl (C=O) groups excluding carboxylic acids is 4. The number of carboxylic acid groups (broad SMARTS) is 1. The highest BCUT2D eigenvalue weighted by Crippen LogP contribution is 2.03. The van der Waals surface area contributed by atoms with Gasteiger partial charge in [0, 0.05) is 0 Å². The Labute approximate surface area is 175 Å². The summed E-state index contributed by atoms with van der Waals surface area (Å²) in [6.07, 6.45) is 0.643. The van der Waals surface area contributed by atoms with Gasteiger partial charge in [0.25, 0.3) is 0 Å². The molecule has 0 saturated carbocycles. The first kappa shape index (κ1) is 27.3. The Balaban J connectivity index is 5.10. The van der Waals surface area contributed by atoms with E-state index in [1.807, 2.05) is 0 Å². The van der Waals surface area contributed by atoms with Crippen LogP contribution in [0.1, 0.15) is 46.5 Å². The van der Waals surface area contributed by atoms with Gasteiger partial charge in [-0.15, -0.1) is 0 Å². The molecule has 0 aromatic heterocycles. The lowest BCUT2D eigenvalue weighted by Gasteiger charge is -2.23. The summed E-state index contributed by atoms with van der Waals surface area (Å²) in [5.74, 6) is -4.46. The minimum atomic E-state index is -1.40. The second kappa shape index (κ2) is 13.5. The number of primary amides is 1. The van der Waals surface area contributed by atoms with Crippen LogP contribution in [-0.2, 0) is 24.0 Å². The van der Waals surface area contributed by atoms with Crippen molar-refractivity contribution in [3.8, 4) is 0 Å². The van der Waals surface area contributed by atoms with Gasteiger partial charge < -0.3 is 38.3 Å². The van der Waals surface area contributed by atoms with Crippen LogP contribution in [0.4, 0.5) is 0 Å². The number of unbranched alkanes of at least 4 members (excludes halogenated alkanes) is 1. The van der Waals surface area contributed by atoms with Crippen molar-refractivity contribution in [3.05, 3.63) is 0 Å². The van der Waals surface area contributed by atoms with Crippen molar-refractivity contribution in [1.82, 2.24) is 16.0 Å². The largest absolute Gasteiger partial charge is 0.480 e. The van der Waals surface area contributed by atoms with Gasteiger partial charge in [-0.1, -0.05) is 13.8 Å². The zero-order chi connectivity index (χ0) is 23.4. The van der Waals surface area contributed by atoms with Crippen LogP contribution in [-0.4, -0.2) is 65.4 Å². The molecule has 0 heterocycles. The Morgan fingerprint density at radius 1 is 0.867 bits per heavy atom. The van der Waals surface area contributed by atoms with E-state index in [0.717, 1.165) is 0 Å². The fourth-order valence-electron chi connectivity index (χ4n) is 2.41. The molecule has 0 aromatic rings. The van der Waals surface area contributed by atoms with Crippen molar-refractivity contribution in [1.29, 1.82) is 0 Å². The Bertz CT molecular complexity index is 626. The summed E-state index contributed by atoms with van der Waals surface area (Å²) in [6, 6.07) is -4.48. The third-order valence-electron chi connectivity index (χ3n) is 4.37. The van der Waals surface area contributed by atoms with Crippen LogP contribution in [0, 0.1) is 5.92 Å². The van der Waals surface area contributed by atoms with Crippen LogP contribution in [0.5, 0.6) is 0 Å². The summed E-state index contributed by atoms with van der Waals surface area (Å²) in [6.45, 7) is 5.25. The number of carboxylic acids is 1. The van der Waals surface area contributed by atoms with E-state index in [4.69, 9.17) is 17.2 Å². The highest BCUT2D eigenvalue weighted by atomic mass is 16.4. The summed E-state index contributed by atoms with van der Waals surface area (Å²) in [5, 5.41) is 16.3. The third kappa shape index (κ3) is 10.2. The zero-order valence-electron chi connectivity index (χ0n) is 17.6. The standard InChI is InChI=1S/C18H34N6O6/c1-9(2)14(21)17(28)22-10(3)15(26)24-12(8-13(20)25)16(27)23-11(18(29)30)6-4-5-7-19/h9-12,14H,4-8,19,21H2,1-3H3,(H2,20,25)(H,22,28)(H,23,27)(H,24,26)(H,29,30). The second-order valence-electron chi connectivity index (χ2n) is 7.42. The Morgan fingerprint density at radius 3 is 1.90 bits per heavy atom. The van der Waals surface area contributed by atoms with Crippen molar-refractivity contribution >= 4 is 29.6 Å². The lowest BCUT2D eigenvalue weighted by atomic mass is 10.0. The quantitative estimate of drug-likeness (QED) is 0.146. The molecule has 12 heteroatoms. The molecule has 0 aromatic carbocycles. The minimum Gasteiger partial charge on any atom is -0.480 e. The lowest BCUT2D eigenvalue weighted by molar-refractivity contribution is -0.142. The molecule has 0 spiro atoms. The third-order valence-corrected chi connectivity index (χ3v) is 4.37. The van der Waals surface area contributed by atoms with Gasteiger partial charge in [-0.2, -0.15) is 0 Å². The summed E-state index contributed by atoms with van der Waals surface area (Å²) < 4.78 is 0. The highest BCUT2D eigenvalue weighted by molar-refractivity contribution is 5.95. The molecular formula is C18H34N6O6. The highest BCUT2D eigenvalue weighted by Gasteiger charge is 2.30. The Kier molecular flexibility index (Phi) is 12.3. The number of amides is 4. The van der Waals surface area contributed by atoms with Gasteiger partial charge in [-0.3, -0.25) is 19.2 Å². The first-order chi connectivity index (χ1) is 13.9. The van der Waals surface area contributed by atoms with Crippen LogP contribution in [0.3, 0.4) is 0 Å². The maximum Gasteiger partial charge on any atom is 0.326 e. The zero-order valence-corrected chi connectivity index (χ0v) is 17.6. The average Bonchev–Trinajstić information content (AvgIpc) is 2.65. The van der Waals surface area contributed by atoms with E-state index in [1.165, 1.54) is 6.92 Å². The molecule has 0 saturated heterocycles. The van der Waals surface area contributed by atoms with Crippen molar-refractivity contribution in [3.63, 3.8) is 0 Å². The fourth-order valence-corrected chi connectivity index (χ4v) is 2.41. The van der Waals surface area contributed by atoms with Crippen molar-refractivity contribution in [2.24, 2.45) is 23.1 Å². The Morgan fingerprint density at radius 2 is 1.43 bits per heavy atom. The summed E-state index contributed by atoms with van der Waals surface area (Å²) in [4.78, 5) is 59.5. The number of carbonyl (C=O) groups is 5. The van der Waals surface area contributed by atoms with Gasteiger partial charge >= 0.3 is 5.97 Å². The maximum atomic E-state index is 12.5. The molecule has 172 valence electrons. The average molecular weight is 431 g/mol. The van der Waals surface area contributed by atoms with Gasteiger partial charge in [0.2, 0.25) is 23.6 Å². The molecule has 0 rings (SSSR count). The van der Waals surface area contributed by atoms with E-state index in [0.29, 0.717) is 19.4 Å². The lowest BCUT2D eigenvalue weighted by Crippen LogP contribution is -2.57. The summed E-state index contributed by atoms with van der Waals surface area (Å²) >= 11 is 0. The van der Waals surface area contributed by atoms with Crippen LogP contribution in [0.15, 0.2) is 0 Å². The molecule has 0 aliphatic carbocycles. The minimum absolute atomic E-state index is 0.134. The van der Waals surface area contributed by atoms with Gasteiger partial charge in [0.15, 0.2) is 0 Å². The van der Waals surface area contributed by atoms with Crippen LogP contribution < -0.4 is 33.2 Å². The normalized spacial score (nSPS) is 14.9. The predicted octanol–water partition coefficient (Wildman–Crippen LogP) is -2.47. The molecular weight excluding hydrogens is 396 g/mol. The van der Waals surface area contributed by atoms with Gasteiger partial charge in [-0.05, 0) is 38.6 Å². The molecule has 30 heavy (non-hydrogen) atoms. The SMILES string of the molecule is CC(NC(=O)C(N)C(C)C)C(=O)NC(CC(N)=O)C(=O)NC(CCCCN)C(=O)O. The molecule has 0 aliphatic heterocycles. The van der Waals surface area contributed by atoms with E-state index in [-0.39, 0.29) is 12.3 Å². The fraction of sp³-hybridized carbons (Fsp3) is 0.722. The summed E-state index contributed by atoms with van der Waals surface area (Å²) in [5.41, 5.74) is 16.2. The van der Waals surface area contributed by atoms with E-state index in [2.05, 4.69) is 16.0 Å². The van der Waals surface area contributed by atoms with E-state index < -0.39 is 60.2 Å². The molecule has 0 fully saturated rings. The second-order valence-corrected chi connectivity index (χ2v) is 7.42. The number of nitrogens with one attached hydrogen (secondary N) is 3. The first-order valence-electron chi connectivity index (χ1n) is 9.78. The van der Waals surface area contributed by atoms with Crippen LogP contribution >= 0.6 is 0 Å². The van der Waals surface area contributed by atoms with E-state index in [9.17, 15) is 29.1 Å². The number of hydrogen-bond donors (Lipinski definition) is 7. The van der Waals surface area contributed by atoms with Crippen molar-refractivity contribution in [2.75, 3.05) is 6.54 Å². The molecule has 0 radical (unpaired) electrons. The van der Waals surface area contributed by atoms with Crippen LogP contribution in [0.25, 0.3) is 0 Å². The molecule has 0 bridgehead atoms. The summed E-state index contributed by atoms with van der Waals surface area (Å²) in [7, 11) is 0. The number of hydrogen-bond acceptors (Lipinski definition) is 7. The smallest absolute Gasteiger partial charge is 0.326 e. The molecule has 4 amide bonds. The van der Waals surface area contributed by atoms with Crippen molar-refractivity contribution < 1.29 is 29.1 Å². The van der Waals surface area contributed by atoms with Crippen molar-refractivity contribution in [2.45, 2.75) is 70.6 Å². The molecule has 4 unspecified atom stereocenters. The Hall–Kier alpha value is -2.73. The number of rotatable bonds is 14. The molecule has 4 atom stereocenters. The van der Waals surface area contributed by atoms with E-state index in [1.54, 1.807) is 13.8 Å². The van der Waals surface area contributed by atoms with Crippen LogP contribution in [0.2, 0.25) is 0 Å². The van der Waals surface area contributed by atoms with Gasteiger partial charge in [-0.25, -0.2) is 4.79 Å². The van der Waals surface area contributed by atoms with Gasteiger partial charge in [0.1, 0.15) is 18.1 Å². The number of nitrogens with two attached hydrogens (primary N) is 3. The molecule has 10 N–H and O–H groups in total. The van der Waals surface area contributed by atoms with Gasteiger partial charge in [0.05, 0.1) is 12.5 Å². The van der Waals surface area contributed by atoms with E-state index >= 15 is 0 Å². The molecule has 12 nitrogen and oxygen atoms in total. The maximum absolute atomic E-state index is 12.5. The predicted molar refractivity (Wildman–Crippen MR) is 109 cm³/mol. The number of aliphatic carboxylic acids is 1. The topological polar surface area (TPSA) is 220 Å². The first-order valence-corrected chi connectivity index (χ1v) is 9.78.